The lowest BCUT2D eigenvalue weighted by molar-refractivity contribution is 0.198. The van der Waals surface area contributed by atoms with Crippen molar-refractivity contribution >= 4 is 23.4 Å². The third-order valence-electron chi connectivity index (χ3n) is 2.93. The third-order valence-corrected chi connectivity index (χ3v) is 3.20. The van der Waals surface area contributed by atoms with Gasteiger partial charge in [-0.15, -0.1) is 0 Å². The van der Waals surface area contributed by atoms with Crippen LogP contribution in [-0.2, 0) is 0 Å². The molecule has 0 bridgehead atoms. The average molecular weight is 323 g/mol. The molecule has 2 aromatic heterocycles. The van der Waals surface area contributed by atoms with E-state index < -0.39 is 6.09 Å². The van der Waals surface area contributed by atoms with Gasteiger partial charge < -0.3 is 5.11 Å². The van der Waals surface area contributed by atoms with Crippen LogP contribution in [0, 0.1) is 12.3 Å². The molecular weight excluding hydrogens is 304 g/mol. The summed E-state index contributed by atoms with van der Waals surface area (Å²) in [6, 6.07) is 1.90. The van der Waals surface area contributed by atoms with Gasteiger partial charge in [-0.2, -0.15) is 5.10 Å². The zero-order valence-corrected chi connectivity index (χ0v) is 13.8. The van der Waals surface area contributed by atoms with Crippen LogP contribution in [0.15, 0.2) is 24.7 Å². The first-order valence-corrected chi connectivity index (χ1v) is 7.23. The first-order valence-electron chi connectivity index (χ1n) is 6.85. The molecule has 0 aliphatic carbocycles. The van der Waals surface area contributed by atoms with Gasteiger partial charge in [-0.25, -0.2) is 9.48 Å². The Labute approximate surface area is 134 Å². The number of nitrogens with zero attached hydrogens (tertiary/aromatic N) is 4. The topological polar surface area (TPSA) is 71.2 Å². The number of rotatable bonds is 3. The van der Waals surface area contributed by atoms with Crippen LogP contribution in [0.25, 0.3) is 5.69 Å². The van der Waals surface area contributed by atoms with Crippen molar-refractivity contribution in [2.75, 3.05) is 11.4 Å². The molecule has 0 fully saturated rings. The van der Waals surface area contributed by atoms with Gasteiger partial charge in [0.05, 0.1) is 18.1 Å². The number of amides is 1. The van der Waals surface area contributed by atoms with Crippen molar-refractivity contribution < 1.29 is 9.90 Å². The maximum absolute atomic E-state index is 11.5. The normalized spacial score (nSPS) is 11.5. The molecular formula is C15H19ClN4O2. The smallest absolute Gasteiger partial charge is 0.411 e. The molecule has 2 rings (SSSR count). The van der Waals surface area contributed by atoms with E-state index in [1.54, 1.807) is 18.6 Å². The van der Waals surface area contributed by atoms with Gasteiger partial charge in [0.25, 0.3) is 0 Å². The monoisotopic (exact) mass is 322 g/mol. The predicted octanol–water partition coefficient (Wildman–Crippen LogP) is 3.76. The SMILES string of the molecule is Cc1cncc(-n2cc(N(CC(C)(C)C)C(=O)O)c(Cl)n2)c1. The van der Waals surface area contributed by atoms with Crippen LogP contribution in [0.3, 0.4) is 0 Å². The maximum Gasteiger partial charge on any atom is 0.411 e. The summed E-state index contributed by atoms with van der Waals surface area (Å²) in [6.45, 7) is 8.13. The van der Waals surface area contributed by atoms with Crippen molar-refractivity contribution in [1.29, 1.82) is 0 Å². The first-order chi connectivity index (χ1) is 10.2. The van der Waals surface area contributed by atoms with E-state index in [-0.39, 0.29) is 10.6 Å². The molecule has 2 aromatic rings. The van der Waals surface area contributed by atoms with Crippen LogP contribution in [0.2, 0.25) is 5.15 Å². The van der Waals surface area contributed by atoms with Crippen LogP contribution in [0.4, 0.5) is 10.5 Å². The molecule has 0 aliphatic heterocycles. The maximum atomic E-state index is 11.5. The zero-order chi connectivity index (χ0) is 16.5. The Bertz CT molecular complexity index is 691. The standard InChI is InChI=1S/C15H19ClN4O2/c1-10-5-11(7-17-6-10)20-8-12(13(16)18-20)19(14(21)22)9-15(2,3)4/h5-8H,9H2,1-4H3,(H,21,22). The van der Waals surface area contributed by atoms with E-state index in [4.69, 9.17) is 11.6 Å². The highest BCUT2D eigenvalue weighted by atomic mass is 35.5. The van der Waals surface area contributed by atoms with Crippen LogP contribution < -0.4 is 4.90 Å². The number of aromatic nitrogens is 3. The van der Waals surface area contributed by atoms with Crippen molar-refractivity contribution in [3.63, 3.8) is 0 Å². The van der Waals surface area contributed by atoms with Gasteiger partial charge in [0, 0.05) is 12.7 Å². The molecule has 6 nitrogen and oxygen atoms in total. The number of hydrogen-bond acceptors (Lipinski definition) is 3. The number of pyridine rings is 1. The molecule has 22 heavy (non-hydrogen) atoms. The van der Waals surface area contributed by atoms with E-state index in [1.165, 1.54) is 9.58 Å². The lowest BCUT2D eigenvalue weighted by Gasteiger charge is -2.26. The van der Waals surface area contributed by atoms with Gasteiger partial charge in [0.2, 0.25) is 0 Å². The Kier molecular flexibility index (Phi) is 4.42. The highest BCUT2D eigenvalue weighted by Crippen LogP contribution is 2.29. The molecule has 1 amide bonds. The largest absolute Gasteiger partial charge is 0.465 e. The zero-order valence-electron chi connectivity index (χ0n) is 13.0. The summed E-state index contributed by atoms with van der Waals surface area (Å²) in [4.78, 5) is 16.9. The molecule has 1 N–H and O–H groups in total. The fourth-order valence-electron chi connectivity index (χ4n) is 2.05. The van der Waals surface area contributed by atoms with E-state index >= 15 is 0 Å². The van der Waals surface area contributed by atoms with Gasteiger partial charge in [0.1, 0.15) is 5.69 Å². The summed E-state index contributed by atoms with van der Waals surface area (Å²) >= 11 is 6.14. The fraction of sp³-hybridized carbons (Fsp3) is 0.400. The number of carbonyl (C=O) groups is 1. The quantitative estimate of drug-likeness (QED) is 0.934. The first kappa shape index (κ1) is 16.3. The molecule has 0 unspecified atom stereocenters. The minimum Gasteiger partial charge on any atom is -0.465 e. The predicted molar refractivity (Wildman–Crippen MR) is 85.9 cm³/mol. The summed E-state index contributed by atoms with van der Waals surface area (Å²) in [7, 11) is 0. The van der Waals surface area contributed by atoms with Crippen LogP contribution in [0.5, 0.6) is 0 Å². The minimum absolute atomic E-state index is 0.146. The second-order valence-corrected chi connectivity index (χ2v) is 6.76. The highest BCUT2D eigenvalue weighted by Gasteiger charge is 2.26. The number of hydrogen-bond donors (Lipinski definition) is 1. The Morgan fingerprint density at radius 2 is 2.09 bits per heavy atom. The van der Waals surface area contributed by atoms with Gasteiger partial charge >= 0.3 is 6.09 Å². The molecule has 0 aromatic carbocycles. The Balaban J connectivity index is 2.41. The summed E-state index contributed by atoms with van der Waals surface area (Å²) in [5.74, 6) is 0. The Morgan fingerprint density at radius 3 is 2.64 bits per heavy atom. The summed E-state index contributed by atoms with van der Waals surface area (Å²) in [5.41, 5.74) is 1.88. The second-order valence-electron chi connectivity index (χ2n) is 6.40. The summed E-state index contributed by atoms with van der Waals surface area (Å²) < 4.78 is 1.54. The van der Waals surface area contributed by atoms with Gasteiger partial charge in [-0.1, -0.05) is 32.4 Å². The van der Waals surface area contributed by atoms with Crippen LogP contribution in [0.1, 0.15) is 26.3 Å². The van der Waals surface area contributed by atoms with Crippen molar-refractivity contribution in [3.8, 4) is 5.69 Å². The van der Waals surface area contributed by atoms with Crippen LogP contribution >= 0.6 is 11.6 Å². The molecule has 118 valence electrons. The highest BCUT2D eigenvalue weighted by molar-refractivity contribution is 6.32. The van der Waals surface area contributed by atoms with E-state index in [0.717, 1.165) is 11.3 Å². The van der Waals surface area contributed by atoms with Gasteiger partial charge in [0.15, 0.2) is 5.15 Å². The summed E-state index contributed by atoms with van der Waals surface area (Å²) in [6.07, 6.45) is 3.94. The van der Waals surface area contributed by atoms with Gasteiger partial charge in [-0.3, -0.25) is 9.88 Å². The van der Waals surface area contributed by atoms with Crippen molar-refractivity contribution in [1.82, 2.24) is 14.8 Å². The lowest BCUT2D eigenvalue weighted by atomic mass is 9.96. The van der Waals surface area contributed by atoms with Crippen molar-refractivity contribution in [2.45, 2.75) is 27.7 Å². The molecule has 7 heteroatoms. The minimum atomic E-state index is -1.06. The van der Waals surface area contributed by atoms with E-state index in [2.05, 4.69) is 10.1 Å². The Hall–Kier alpha value is -2.08. The fourth-order valence-corrected chi connectivity index (χ4v) is 2.28. The van der Waals surface area contributed by atoms with Crippen molar-refractivity contribution in [2.24, 2.45) is 5.41 Å². The molecule has 0 spiro atoms. The molecule has 0 radical (unpaired) electrons. The van der Waals surface area contributed by atoms with Crippen LogP contribution in [-0.4, -0.2) is 32.5 Å². The number of anilines is 1. The second kappa shape index (κ2) is 5.96. The molecule has 0 atom stereocenters. The molecule has 0 saturated carbocycles. The number of aryl methyl sites for hydroxylation is 1. The number of carboxylic acid groups (broad SMARTS) is 1. The number of halogens is 1. The third kappa shape index (κ3) is 3.76. The summed E-state index contributed by atoms with van der Waals surface area (Å²) in [5, 5.41) is 13.8. The van der Waals surface area contributed by atoms with E-state index in [1.807, 2.05) is 33.8 Å². The molecule has 0 aliphatic rings. The van der Waals surface area contributed by atoms with Gasteiger partial charge in [-0.05, 0) is 24.0 Å². The average Bonchev–Trinajstić information content (AvgIpc) is 2.77. The van der Waals surface area contributed by atoms with E-state index in [9.17, 15) is 9.90 Å². The van der Waals surface area contributed by atoms with E-state index in [0.29, 0.717) is 12.2 Å². The lowest BCUT2D eigenvalue weighted by Crippen LogP contribution is -2.36. The Morgan fingerprint density at radius 1 is 1.41 bits per heavy atom. The van der Waals surface area contributed by atoms with Crippen molar-refractivity contribution in [3.05, 3.63) is 35.4 Å². The molecule has 2 heterocycles. The molecule has 0 saturated heterocycles.